The molecule has 3 aromatic rings. The Bertz CT molecular complexity index is 1120. The number of rotatable bonds is 6. The maximum atomic E-state index is 12.5. The fourth-order valence-electron chi connectivity index (χ4n) is 2.19. The number of alkyl halides is 6. The van der Waals surface area contributed by atoms with Crippen molar-refractivity contribution in [2.24, 2.45) is 0 Å². The van der Waals surface area contributed by atoms with Crippen molar-refractivity contribution in [3.63, 3.8) is 0 Å². The normalized spacial score (nSPS) is 11.8. The highest BCUT2D eigenvalue weighted by atomic mass is 35.5. The molecule has 16 heteroatoms. The lowest BCUT2D eigenvalue weighted by Gasteiger charge is -2.13. The molecule has 0 aliphatic rings. The Balaban J connectivity index is 1.73. The van der Waals surface area contributed by atoms with Gasteiger partial charge < -0.3 is 19.3 Å². The molecule has 0 spiro atoms. The lowest BCUT2D eigenvalue weighted by Crippen LogP contribution is -2.27. The van der Waals surface area contributed by atoms with Crippen LogP contribution < -0.4 is 14.8 Å². The van der Waals surface area contributed by atoms with Gasteiger partial charge in [0, 0.05) is 10.6 Å². The molecular formula is C17H10ClF6N5O4. The largest absolute Gasteiger partial charge is 0.480 e. The third-order valence-corrected chi connectivity index (χ3v) is 3.78. The van der Waals surface area contributed by atoms with E-state index in [1.165, 1.54) is 24.3 Å². The number of amides is 1. The molecule has 176 valence electrons. The van der Waals surface area contributed by atoms with Crippen molar-refractivity contribution in [2.75, 3.05) is 6.61 Å². The first-order chi connectivity index (χ1) is 15.4. The Morgan fingerprint density at radius 3 is 2.39 bits per heavy atom. The molecule has 0 bridgehead atoms. The fraction of sp³-hybridized carbons (Fsp3) is 0.235. The summed E-state index contributed by atoms with van der Waals surface area (Å²) in [5.74, 6) is -2.44. The van der Waals surface area contributed by atoms with Crippen molar-refractivity contribution in [3.8, 4) is 23.0 Å². The van der Waals surface area contributed by atoms with Crippen LogP contribution in [0.15, 0.2) is 35.0 Å². The van der Waals surface area contributed by atoms with E-state index in [0.29, 0.717) is 5.02 Å². The maximum Gasteiger partial charge on any atom is 0.455 e. The molecule has 0 saturated heterocycles. The average molecular weight is 498 g/mol. The highest BCUT2D eigenvalue weighted by molar-refractivity contribution is 6.30. The number of aromatic nitrogens is 4. The zero-order valence-corrected chi connectivity index (χ0v) is 16.6. The second-order valence-corrected chi connectivity index (χ2v) is 6.47. The van der Waals surface area contributed by atoms with Crippen LogP contribution in [0, 0.1) is 0 Å². The van der Waals surface area contributed by atoms with E-state index >= 15 is 0 Å². The summed E-state index contributed by atoms with van der Waals surface area (Å²) in [6.45, 7) is -2.24. The molecule has 1 aromatic carbocycles. The number of nitrogens with one attached hydrogen (secondary N) is 1. The molecule has 1 N–H and O–H groups in total. The van der Waals surface area contributed by atoms with Crippen molar-refractivity contribution in [3.05, 3.63) is 47.2 Å². The van der Waals surface area contributed by atoms with E-state index in [9.17, 15) is 31.1 Å². The van der Waals surface area contributed by atoms with E-state index in [2.05, 4.69) is 24.6 Å². The lowest BCUT2D eigenvalue weighted by molar-refractivity contribution is -0.153. The Morgan fingerprint density at radius 1 is 1.09 bits per heavy atom. The van der Waals surface area contributed by atoms with Gasteiger partial charge in [-0.15, -0.1) is 0 Å². The Hall–Kier alpha value is -3.62. The molecule has 0 saturated carbocycles. The highest BCUT2D eigenvalue weighted by Crippen LogP contribution is 2.31. The molecule has 0 aliphatic carbocycles. The summed E-state index contributed by atoms with van der Waals surface area (Å²) in [5, 5.41) is 5.09. The second-order valence-electron chi connectivity index (χ2n) is 6.03. The minimum absolute atomic E-state index is 0.138. The number of nitrogens with zero attached hydrogens (tertiary/aromatic N) is 4. The van der Waals surface area contributed by atoms with E-state index in [1.807, 2.05) is 5.32 Å². The van der Waals surface area contributed by atoms with Crippen LogP contribution >= 0.6 is 11.6 Å². The first-order valence-corrected chi connectivity index (χ1v) is 8.96. The number of benzene rings is 1. The van der Waals surface area contributed by atoms with E-state index in [4.69, 9.17) is 21.1 Å². The summed E-state index contributed by atoms with van der Waals surface area (Å²) in [6, 6.07) is 5.17. The average Bonchev–Trinajstić information content (AvgIpc) is 3.21. The third-order valence-electron chi connectivity index (χ3n) is 3.53. The maximum absolute atomic E-state index is 12.5. The Morgan fingerprint density at radius 2 is 1.79 bits per heavy atom. The fourth-order valence-corrected chi connectivity index (χ4v) is 2.32. The summed E-state index contributed by atoms with van der Waals surface area (Å²) in [4.78, 5) is 22.4. The molecular weight excluding hydrogens is 488 g/mol. The molecule has 0 fully saturated rings. The van der Waals surface area contributed by atoms with Crippen molar-refractivity contribution < 1.29 is 45.1 Å². The number of ether oxygens (including phenoxy) is 2. The van der Waals surface area contributed by atoms with E-state index in [1.54, 1.807) is 0 Å². The predicted molar refractivity (Wildman–Crippen MR) is 96.2 cm³/mol. The number of carbonyl (C=O) groups is 1. The van der Waals surface area contributed by atoms with Crippen LogP contribution in [0.3, 0.4) is 0 Å². The Labute approximate surface area is 184 Å². The molecule has 0 unspecified atom stereocenters. The molecule has 2 heterocycles. The lowest BCUT2D eigenvalue weighted by atomic mass is 10.1. The van der Waals surface area contributed by atoms with Gasteiger partial charge in [-0.3, -0.25) is 0 Å². The second kappa shape index (κ2) is 9.48. The van der Waals surface area contributed by atoms with Crippen LogP contribution in [0.25, 0.3) is 11.3 Å². The molecule has 3 rings (SSSR count). The summed E-state index contributed by atoms with van der Waals surface area (Å²) in [6.07, 6.45) is -9.82. The number of hydrogen-bond acceptors (Lipinski definition) is 8. The first-order valence-electron chi connectivity index (χ1n) is 8.59. The zero-order chi connectivity index (χ0) is 24.2. The monoisotopic (exact) mass is 497 g/mol. The topological polar surface area (TPSA) is 112 Å². The van der Waals surface area contributed by atoms with Crippen LogP contribution in [-0.4, -0.2) is 39.0 Å². The molecule has 2 aromatic heterocycles. The van der Waals surface area contributed by atoms with Crippen LogP contribution in [0.1, 0.15) is 11.7 Å². The van der Waals surface area contributed by atoms with Crippen LogP contribution in [0.5, 0.6) is 11.8 Å². The van der Waals surface area contributed by atoms with Crippen molar-refractivity contribution >= 4 is 17.7 Å². The van der Waals surface area contributed by atoms with Gasteiger partial charge in [-0.25, -0.2) is 4.79 Å². The SMILES string of the molecule is O=C(NCc1nc(C(F)(F)F)no1)Oc1ncc(OCC(F)(F)F)c(-c2ccc(Cl)cc2)n1. The zero-order valence-electron chi connectivity index (χ0n) is 15.9. The van der Waals surface area contributed by atoms with Crippen molar-refractivity contribution in [1.82, 2.24) is 25.4 Å². The smallest absolute Gasteiger partial charge is 0.455 e. The van der Waals surface area contributed by atoms with E-state index in [0.717, 1.165) is 6.20 Å². The van der Waals surface area contributed by atoms with Gasteiger partial charge in [-0.1, -0.05) is 28.9 Å². The molecule has 0 radical (unpaired) electrons. The van der Waals surface area contributed by atoms with Gasteiger partial charge in [-0.05, 0) is 12.1 Å². The van der Waals surface area contributed by atoms with Crippen LogP contribution in [0.2, 0.25) is 5.02 Å². The first kappa shape index (κ1) is 24.0. The van der Waals surface area contributed by atoms with Gasteiger partial charge in [0.15, 0.2) is 12.4 Å². The van der Waals surface area contributed by atoms with Gasteiger partial charge in [0.25, 0.3) is 5.82 Å². The minimum atomic E-state index is -4.83. The summed E-state index contributed by atoms with van der Waals surface area (Å²) < 4.78 is 88.8. The number of hydrogen-bond donors (Lipinski definition) is 1. The standard InChI is InChI=1S/C17H10ClF6N5O4/c18-9-3-1-8(2-4-9)12-10(31-7-16(19,20)21)5-25-14(28-12)32-15(30)26-6-11-27-13(29-33-11)17(22,23)24/h1-5H,6-7H2,(H,26,30). The molecule has 9 nitrogen and oxygen atoms in total. The van der Waals surface area contributed by atoms with Gasteiger partial charge in [0.1, 0.15) is 12.2 Å². The third kappa shape index (κ3) is 6.93. The van der Waals surface area contributed by atoms with Gasteiger partial charge >= 0.3 is 24.5 Å². The predicted octanol–water partition coefficient (Wildman–Crippen LogP) is 4.43. The van der Waals surface area contributed by atoms with Gasteiger partial charge in [0.2, 0.25) is 5.89 Å². The van der Waals surface area contributed by atoms with Crippen LogP contribution in [-0.2, 0) is 12.7 Å². The van der Waals surface area contributed by atoms with Gasteiger partial charge in [0.05, 0.1) is 6.20 Å². The Kier molecular flexibility index (Phi) is 6.90. The van der Waals surface area contributed by atoms with Crippen LogP contribution in [0.4, 0.5) is 31.1 Å². The quantitative estimate of drug-likeness (QED) is 0.498. The highest BCUT2D eigenvalue weighted by Gasteiger charge is 2.37. The summed E-state index contributed by atoms with van der Waals surface area (Å²) in [5.41, 5.74) is 0.134. The van der Waals surface area contributed by atoms with E-state index in [-0.39, 0.29) is 17.0 Å². The molecule has 0 aliphatic heterocycles. The number of carbonyl (C=O) groups excluding carboxylic acids is 1. The molecule has 0 atom stereocenters. The summed E-state index contributed by atoms with van der Waals surface area (Å²) in [7, 11) is 0. The van der Waals surface area contributed by atoms with Gasteiger partial charge in [-0.2, -0.15) is 41.3 Å². The van der Waals surface area contributed by atoms with E-state index < -0.39 is 49.3 Å². The van der Waals surface area contributed by atoms with Crippen molar-refractivity contribution in [2.45, 2.75) is 18.9 Å². The minimum Gasteiger partial charge on any atom is -0.480 e. The molecule has 33 heavy (non-hydrogen) atoms. The number of halogens is 7. The van der Waals surface area contributed by atoms with Crippen molar-refractivity contribution in [1.29, 1.82) is 0 Å². The molecule has 1 amide bonds. The summed E-state index contributed by atoms with van der Waals surface area (Å²) >= 11 is 5.80.